The number of rotatable bonds is 3. The van der Waals surface area contributed by atoms with Crippen LogP contribution in [0.5, 0.6) is 0 Å². The van der Waals surface area contributed by atoms with Crippen molar-refractivity contribution < 1.29 is 0 Å². The number of nitrogens with zero attached hydrogens (tertiary/aromatic N) is 5. The lowest BCUT2D eigenvalue weighted by molar-refractivity contribution is 0.999. The number of aromatic nitrogens is 5. The normalized spacial score (nSPS) is 10.3. The van der Waals surface area contributed by atoms with E-state index >= 15 is 0 Å². The molecule has 0 atom stereocenters. The van der Waals surface area contributed by atoms with Gasteiger partial charge in [0.05, 0.1) is 11.0 Å². The maximum atomic E-state index is 4.54. The van der Waals surface area contributed by atoms with Gasteiger partial charge in [0.1, 0.15) is 12.1 Å². The summed E-state index contributed by atoms with van der Waals surface area (Å²) in [5.41, 5.74) is 2.84. The van der Waals surface area contributed by atoms with E-state index in [9.17, 15) is 0 Å². The quantitative estimate of drug-likeness (QED) is 0.625. The predicted molar refractivity (Wildman–Crippen MR) is 91.4 cm³/mol. The highest BCUT2D eigenvalue weighted by Crippen LogP contribution is 2.18. The van der Waals surface area contributed by atoms with E-state index in [1.807, 2.05) is 47.0 Å². The molecule has 3 heterocycles. The standard InChI is InChI=1S/C16H12N6.ClH/c1-2-4-14-13(3-1)19-11-22(14)15-7-10-18-16(21-15)20-12-5-8-17-9-6-12;/h1-11H,(H,17,18,20,21);1H. The molecule has 0 unspecified atom stereocenters. The van der Waals surface area contributed by atoms with Crippen LogP contribution in [0.1, 0.15) is 0 Å². The zero-order valence-electron chi connectivity index (χ0n) is 12.0. The molecule has 0 spiro atoms. The second-order valence-corrected chi connectivity index (χ2v) is 4.70. The van der Waals surface area contributed by atoms with Crippen LogP contribution in [-0.4, -0.2) is 24.5 Å². The van der Waals surface area contributed by atoms with Gasteiger partial charge in [-0.1, -0.05) is 12.1 Å². The third-order valence-corrected chi connectivity index (χ3v) is 3.28. The minimum atomic E-state index is 0. The largest absolute Gasteiger partial charge is 0.324 e. The summed E-state index contributed by atoms with van der Waals surface area (Å²) in [6.45, 7) is 0. The minimum Gasteiger partial charge on any atom is -0.324 e. The molecule has 7 heteroatoms. The van der Waals surface area contributed by atoms with Gasteiger partial charge in [0.15, 0.2) is 0 Å². The number of benzene rings is 1. The molecule has 23 heavy (non-hydrogen) atoms. The number of fused-ring (bicyclic) bond motifs is 1. The molecule has 3 aromatic heterocycles. The SMILES string of the molecule is Cl.c1ccc2c(c1)ncn2-c1ccnc(Nc2ccncc2)n1. The molecule has 4 aromatic rings. The van der Waals surface area contributed by atoms with E-state index in [1.54, 1.807) is 24.9 Å². The summed E-state index contributed by atoms with van der Waals surface area (Å²) < 4.78 is 1.94. The molecule has 1 aromatic carbocycles. The van der Waals surface area contributed by atoms with Crippen molar-refractivity contribution in [3.63, 3.8) is 0 Å². The second-order valence-electron chi connectivity index (χ2n) is 4.70. The maximum absolute atomic E-state index is 4.54. The van der Waals surface area contributed by atoms with Gasteiger partial charge in [-0.25, -0.2) is 9.97 Å². The first-order chi connectivity index (χ1) is 10.9. The van der Waals surface area contributed by atoms with Gasteiger partial charge in [-0.3, -0.25) is 9.55 Å². The van der Waals surface area contributed by atoms with Gasteiger partial charge in [-0.05, 0) is 30.3 Å². The van der Waals surface area contributed by atoms with Crippen LogP contribution < -0.4 is 5.32 Å². The zero-order chi connectivity index (χ0) is 14.8. The lowest BCUT2D eigenvalue weighted by atomic mass is 10.3. The van der Waals surface area contributed by atoms with Crippen molar-refractivity contribution in [1.82, 2.24) is 24.5 Å². The van der Waals surface area contributed by atoms with Crippen LogP contribution in [0.2, 0.25) is 0 Å². The Morgan fingerprint density at radius 3 is 2.57 bits per heavy atom. The van der Waals surface area contributed by atoms with E-state index in [4.69, 9.17) is 0 Å². The van der Waals surface area contributed by atoms with Gasteiger partial charge < -0.3 is 5.32 Å². The summed E-state index contributed by atoms with van der Waals surface area (Å²) >= 11 is 0. The number of nitrogens with one attached hydrogen (secondary N) is 1. The first-order valence-electron chi connectivity index (χ1n) is 6.83. The Morgan fingerprint density at radius 1 is 0.870 bits per heavy atom. The number of halogens is 1. The molecule has 0 saturated heterocycles. The topological polar surface area (TPSA) is 68.5 Å². The number of hydrogen-bond donors (Lipinski definition) is 1. The zero-order valence-corrected chi connectivity index (χ0v) is 12.8. The molecule has 1 N–H and O–H groups in total. The molecule has 0 aliphatic heterocycles. The van der Waals surface area contributed by atoms with E-state index in [2.05, 4.69) is 25.3 Å². The highest BCUT2D eigenvalue weighted by atomic mass is 35.5. The maximum Gasteiger partial charge on any atom is 0.229 e. The van der Waals surface area contributed by atoms with Crippen molar-refractivity contribution in [3.8, 4) is 5.82 Å². The molecule has 114 valence electrons. The van der Waals surface area contributed by atoms with E-state index in [0.717, 1.165) is 22.5 Å². The number of anilines is 2. The Labute approximate surface area is 138 Å². The van der Waals surface area contributed by atoms with Gasteiger partial charge in [-0.2, -0.15) is 4.98 Å². The summed E-state index contributed by atoms with van der Waals surface area (Å²) in [6, 6.07) is 13.5. The first kappa shape index (κ1) is 14.9. The Kier molecular flexibility index (Phi) is 4.16. The lowest BCUT2D eigenvalue weighted by Crippen LogP contribution is -2.02. The van der Waals surface area contributed by atoms with Gasteiger partial charge in [0.25, 0.3) is 0 Å². The minimum absolute atomic E-state index is 0. The van der Waals surface area contributed by atoms with Crippen molar-refractivity contribution in [1.29, 1.82) is 0 Å². The molecule has 0 amide bonds. The lowest BCUT2D eigenvalue weighted by Gasteiger charge is -2.07. The summed E-state index contributed by atoms with van der Waals surface area (Å²) in [7, 11) is 0. The smallest absolute Gasteiger partial charge is 0.229 e. The Morgan fingerprint density at radius 2 is 1.70 bits per heavy atom. The fraction of sp³-hybridized carbons (Fsp3) is 0. The van der Waals surface area contributed by atoms with Crippen LogP contribution in [0.4, 0.5) is 11.6 Å². The van der Waals surface area contributed by atoms with Gasteiger partial charge in [0, 0.05) is 24.3 Å². The summed E-state index contributed by atoms with van der Waals surface area (Å²) in [5.74, 6) is 1.29. The second kappa shape index (κ2) is 6.41. The van der Waals surface area contributed by atoms with Crippen LogP contribution in [0.15, 0.2) is 67.4 Å². The average molecular weight is 325 g/mol. The Bertz CT molecular complexity index is 922. The third-order valence-electron chi connectivity index (χ3n) is 3.28. The monoisotopic (exact) mass is 324 g/mol. The number of hydrogen-bond acceptors (Lipinski definition) is 5. The average Bonchev–Trinajstić information content (AvgIpc) is 3.00. The third kappa shape index (κ3) is 2.97. The molecular formula is C16H13ClN6. The first-order valence-corrected chi connectivity index (χ1v) is 6.83. The van der Waals surface area contributed by atoms with Crippen molar-refractivity contribution in [2.45, 2.75) is 0 Å². The van der Waals surface area contributed by atoms with E-state index in [0.29, 0.717) is 5.95 Å². The number of imidazole rings is 1. The molecular weight excluding hydrogens is 312 g/mol. The van der Waals surface area contributed by atoms with Crippen molar-refractivity contribution in [2.75, 3.05) is 5.32 Å². The number of para-hydroxylation sites is 2. The van der Waals surface area contributed by atoms with Crippen LogP contribution in [0.3, 0.4) is 0 Å². The molecule has 0 aliphatic rings. The van der Waals surface area contributed by atoms with Crippen LogP contribution in [0.25, 0.3) is 16.9 Å². The fourth-order valence-electron chi connectivity index (χ4n) is 2.25. The van der Waals surface area contributed by atoms with Gasteiger partial charge in [-0.15, -0.1) is 12.4 Å². The van der Waals surface area contributed by atoms with E-state index < -0.39 is 0 Å². The van der Waals surface area contributed by atoms with E-state index in [-0.39, 0.29) is 12.4 Å². The summed E-state index contributed by atoms with van der Waals surface area (Å²) in [6.07, 6.45) is 6.93. The van der Waals surface area contributed by atoms with Gasteiger partial charge in [0.2, 0.25) is 5.95 Å². The Balaban J connectivity index is 0.00000156. The molecule has 0 fully saturated rings. The predicted octanol–water partition coefficient (Wildman–Crippen LogP) is 3.38. The highest BCUT2D eigenvalue weighted by Gasteiger charge is 2.06. The number of pyridine rings is 1. The Hall–Kier alpha value is -2.99. The van der Waals surface area contributed by atoms with Crippen LogP contribution in [0, 0.1) is 0 Å². The van der Waals surface area contributed by atoms with Crippen LogP contribution >= 0.6 is 12.4 Å². The van der Waals surface area contributed by atoms with E-state index in [1.165, 1.54) is 0 Å². The molecule has 6 nitrogen and oxygen atoms in total. The van der Waals surface area contributed by atoms with Crippen molar-refractivity contribution >= 4 is 35.1 Å². The fourth-order valence-corrected chi connectivity index (χ4v) is 2.25. The molecule has 0 radical (unpaired) electrons. The molecule has 0 saturated carbocycles. The molecule has 0 aliphatic carbocycles. The molecule has 4 rings (SSSR count). The summed E-state index contributed by atoms with van der Waals surface area (Å²) in [4.78, 5) is 17.2. The van der Waals surface area contributed by atoms with Crippen molar-refractivity contribution in [2.24, 2.45) is 0 Å². The summed E-state index contributed by atoms with van der Waals surface area (Å²) in [5, 5.41) is 3.16. The van der Waals surface area contributed by atoms with Crippen LogP contribution in [-0.2, 0) is 0 Å². The van der Waals surface area contributed by atoms with Gasteiger partial charge >= 0.3 is 0 Å². The van der Waals surface area contributed by atoms with Crippen molar-refractivity contribution in [3.05, 3.63) is 67.4 Å². The molecule has 0 bridgehead atoms. The highest BCUT2D eigenvalue weighted by molar-refractivity contribution is 5.85.